The van der Waals surface area contributed by atoms with Crippen molar-refractivity contribution >= 4 is 16.9 Å². The summed E-state index contributed by atoms with van der Waals surface area (Å²) in [7, 11) is 0. The van der Waals surface area contributed by atoms with Crippen LogP contribution in [0.1, 0.15) is 36.5 Å². The van der Waals surface area contributed by atoms with Gasteiger partial charge in [0.1, 0.15) is 5.58 Å². The van der Waals surface area contributed by atoms with Crippen LogP contribution in [-0.4, -0.2) is 29.9 Å². The van der Waals surface area contributed by atoms with Gasteiger partial charge in [0, 0.05) is 30.1 Å². The lowest BCUT2D eigenvalue weighted by molar-refractivity contribution is -0.132. The van der Waals surface area contributed by atoms with E-state index in [-0.39, 0.29) is 11.9 Å². The molecule has 23 heavy (non-hydrogen) atoms. The maximum absolute atomic E-state index is 12.7. The van der Waals surface area contributed by atoms with E-state index < -0.39 is 0 Å². The molecular formula is C19H26N2O2. The molecule has 2 N–H and O–H groups in total. The normalized spacial score (nSPS) is 20.0. The number of likely N-dealkylation sites (tertiary alicyclic amines) is 1. The van der Waals surface area contributed by atoms with Gasteiger partial charge in [0.2, 0.25) is 5.91 Å². The Kier molecular flexibility index (Phi) is 4.44. The van der Waals surface area contributed by atoms with Crippen LogP contribution in [0.2, 0.25) is 0 Å². The van der Waals surface area contributed by atoms with Gasteiger partial charge in [0.05, 0.1) is 12.7 Å². The van der Waals surface area contributed by atoms with E-state index in [2.05, 4.69) is 19.9 Å². The van der Waals surface area contributed by atoms with Gasteiger partial charge in [-0.25, -0.2) is 0 Å². The second-order valence-corrected chi connectivity index (χ2v) is 6.97. The summed E-state index contributed by atoms with van der Waals surface area (Å²) in [6, 6.07) is 4.31. The van der Waals surface area contributed by atoms with E-state index in [9.17, 15) is 4.79 Å². The van der Waals surface area contributed by atoms with Gasteiger partial charge in [-0.05, 0) is 62.8 Å². The van der Waals surface area contributed by atoms with Crippen molar-refractivity contribution in [3.05, 3.63) is 35.1 Å². The van der Waals surface area contributed by atoms with E-state index in [1.165, 1.54) is 11.1 Å². The zero-order valence-corrected chi connectivity index (χ0v) is 14.3. The molecule has 0 saturated carbocycles. The molecule has 2 atom stereocenters. The molecule has 1 amide bonds. The second kappa shape index (κ2) is 6.36. The van der Waals surface area contributed by atoms with Gasteiger partial charge in [-0.3, -0.25) is 4.79 Å². The molecule has 0 aliphatic carbocycles. The number of benzene rings is 1. The number of hydrogen-bond acceptors (Lipinski definition) is 3. The van der Waals surface area contributed by atoms with Crippen LogP contribution in [0, 0.1) is 19.8 Å². The lowest BCUT2D eigenvalue weighted by Crippen LogP contribution is -2.45. The Morgan fingerprint density at radius 1 is 1.39 bits per heavy atom. The summed E-state index contributed by atoms with van der Waals surface area (Å²) in [5.74, 6) is 0.593. The van der Waals surface area contributed by atoms with Crippen molar-refractivity contribution in [1.29, 1.82) is 0 Å². The Labute approximate surface area is 137 Å². The Balaban J connectivity index is 1.76. The lowest BCUT2D eigenvalue weighted by Gasteiger charge is -2.34. The number of furan rings is 1. The van der Waals surface area contributed by atoms with Crippen molar-refractivity contribution in [2.45, 2.75) is 46.1 Å². The molecule has 4 nitrogen and oxygen atoms in total. The van der Waals surface area contributed by atoms with Crippen molar-refractivity contribution in [3.63, 3.8) is 0 Å². The second-order valence-electron chi connectivity index (χ2n) is 6.97. The number of piperidine rings is 1. The molecule has 1 aromatic heterocycles. The molecule has 0 bridgehead atoms. The van der Waals surface area contributed by atoms with Crippen molar-refractivity contribution in [2.75, 3.05) is 13.1 Å². The van der Waals surface area contributed by atoms with Crippen LogP contribution < -0.4 is 5.73 Å². The molecule has 1 aliphatic heterocycles. The fourth-order valence-electron chi connectivity index (χ4n) is 3.41. The van der Waals surface area contributed by atoms with Crippen LogP contribution in [0.3, 0.4) is 0 Å². The fraction of sp³-hybridized carbons (Fsp3) is 0.526. The van der Waals surface area contributed by atoms with Crippen LogP contribution in [0.25, 0.3) is 11.0 Å². The van der Waals surface area contributed by atoms with E-state index in [1.807, 2.05) is 17.9 Å². The first kappa shape index (κ1) is 16.1. The number of fused-ring (bicyclic) bond motifs is 1. The Hall–Kier alpha value is -1.81. The predicted octanol–water partition coefficient (Wildman–Crippen LogP) is 3.18. The maximum atomic E-state index is 12.7. The summed E-state index contributed by atoms with van der Waals surface area (Å²) < 4.78 is 5.64. The zero-order chi connectivity index (χ0) is 16.6. The molecule has 1 aliphatic rings. The number of nitrogens with zero attached hydrogens (tertiary/aromatic N) is 1. The minimum absolute atomic E-state index is 0.144. The van der Waals surface area contributed by atoms with Crippen LogP contribution >= 0.6 is 0 Å². The average molecular weight is 314 g/mol. The van der Waals surface area contributed by atoms with Crippen LogP contribution in [0.15, 0.2) is 22.8 Å². The van der Waals surface area contributed by atoms with E-state index >= 15 is 0 Å². The third-order valence-electron chi connectivity index (χ3n) is 5.17. The zero-order valence-electron chi connectivity index (χ0n) is 14.3. The number of aryl methyl sites for hydroxylation is 2. The summed E-state index contributed by atoms with van der Waals surface area (Å²) in [5.41, 5.74) is 10.3. The fourth-order valence-corrected chi connectivity index (χ4v) is 3.41. The number of carbonyl (C=O) groups is 1. The van der Waals surface area contributed by atoms with Gasteiger partial charge < -0.3 is 15.1 Å². The minimum Gasteiger partial charge on any atom is -0.464 e. The number of nitrogens with two attached hydrogens (primary N) is 1. The number of rotatable bonds is 3. The molecule has 2 heterocycles. The van der Waals surface area contributed by atoms with Gasteiger partial charge >= 0.3 is 0 Å². The van der Waals surface area contributed by atoms with Crippen molar-refractivity contribution in [1.82, 2.24) is 4.90 Å². The van der Waals surface area contributed by atoms with E-state index in [0.29, 0.717) is 12.3 Å². The Morgan fingerprint density at radius 2 is 2.13 bits per heavy atom. The topological polar surface area (TPSA) is 59.5 Å². The first-order valence-electron chi connectivity index (χ1n) is 8.46. The van der Waals surface area contributed by atoms with Crippen molar-refractivity contribution in [3.8, 4) is 0 Å². The van der Waals surface area contributed by atoms with E-state index in [0.717, 1.165) is 42.5 Å². The van der Waals surface area contributed by atoms with Crippen molar-refractivity contribution < 1.29 is 9.21 Å². The number of hydrogen-bond donors (Lipinski definition) is 1. The highest BCUT2D eigenvalue weighted by Gasteiger charge is 2.26. The average Bonchev–Trinajstić information content (AvgIpc) is 2.90. The third kappa shape index (κ3) is 3.27. The highest BCUT2D eigenvalue weighted by molar-refractivity contribution is 5.88. The largest absolute Gasteiger partial charge is 0.464 e. The minimum atomic E-state index is 0.144. The Morgan fingerprint density at radius 3 is 2.87 bits per heavy atom. The molecule has 3 rings (SSSR count). The predicted molar refractivity (Wildman–Crippen MR) is 92.3 cm³/mol. The molecular weight excluding hydrogens is 288 g/mol. The monoisotopic (exact) mass is 314 g/mol. The maximum Gasteiger partial charge on any atom is 0.227 e. The quantitative estimate of drug-likeness (QED) is 0.946. The lowest BCUT2D eigenvalue weighted by atomic mass is 9.92. The van der Waals surface area contributed by atoms with Gasteiger partial charge in [0.25, 0.3) is 0 Å². The molecule has 2 unspecified atom stereocenters. The highest BCUT2D eigenvalue weighted by Crippen LogP contribution is 2.26. The summed E-state index contributed by atoms with van der Waals surface area (Å²) >= 11 is 0. The van der Waals surface area contributed by atoms with Gasteiger partial charge in [-0.15, -0.1) is 0 Å². The van der Waals surface area contributed by atoms with Gasteiger partial charge in [0.15, 0.2) is 0 Å². The summed E-state index contributed by atoms with van der Waals surface area (Å²) in [5, 5.41) is 1.06. The summed E-state index contributed by atoms with van der Waals surface area (Å²) in [6.45, 7) is 7.82. The molecule has 0 spiro atoms. The number of amides is 1. The first-order chi connectivity index (χ1) is 11.0. The smallest absolute Gasteiger partial charge is 0.227 e. The molecule has 2 aromatic rings. The van der Waals surface area contributed by atoms with Gasteiger partial charge in [-0.2, -0.15) is 0 Å². The standard InChI is InChI=1S/C19H26N2O2/c1-12-7-17-16(11-23-18(17)8-13(12)2)9-19(22)21-6-4-5-15(10-21)14(3)20/h7-8,11,14-15H,4-6,9-10,20H2,1-3H3. The molecule has 124 valence electrons. The highest BCUT2D eigenvalue weighted by atomic mass is 16.3. The summed E-state index contributed by atoms with van der Waals surface area (Å²) in [6.07, 6.45) is 4.30. The molecule has 1 saturated heterocycles. The SMILES string of the molecule is Cc1cc2occ(CC(=O)N3CCCC(C(C)N)C3)c2cc1C. The van der Waals surface area contributed by atoms with Crippen molar-refractivity contribution in [2.24, 2.45) is 11.7 Å². The molecule has 1 fully saturated rings. The van der Waals surface area contributed by atoms with Crippen LogP contribution in [0.4, 0.5) is 0 Å². The number of carbonyl (C=O) groups excluding carboxylic acids is 1. The summed E-state index contributed by atoms with van der Waals surface area (Å²) in [4.78, 5) is 14.6. The molecule has 1 aromatic carbocycles. The van der Waals surface area contributed by atoms with Crippen LogP contribution in [0.5, 0.6) is 0 Å². The first-order valence-corrected chi connectivity index (χ1v) is 8.46. The Bertz CT molecular complexity index is 717. The van der Waals surface area contributed by atoms with Crippen LogP contribution in [-0.2, 0) is 11.2 Å². The van der Waals surface area contributed by atoms with Gasteiger partial charge in [-0.1, -0.05) is 0 Å². The third-order valence-corrected chi connectivity index (χ3v) is 5.17. The van der Waals surface area contributed by atoms with E-state index in [1.54, 1.807) is 6.26 Å². The van der Waals surface area contributed by atoms with E-state index in [4.69, 9.17) is 10.2 Å². The molecule has 0 radical (unpaired) electrons. The molecule has 4 heteroatoms.